The van der Waals surface area contributed by atoms with Crippen LogP contribution >= 0.6 is 0 Å². The summed E-state index contributed by atoms with van der Waals surface area (Å²) in [5, 5.41) is 17.0. The monoisotopic (exact) mass is 268 g/mol. The summed E-state index contributed by atoms with van der Waals surface area (Å²) in [6.45, 7) is 2.94. The molecule has 1 aromatic rings. The van der Waals surface area contributed by atoms with Gasteiger partial charge in [-0.2, -0.15) is 5.10 Å². The summed E-state index contributed by atoms with van der Waals surface area (Å²) < 4.78 is 1.53. The molecule has 1 rings (SSSR count). The molecule has 8 heteroatoms. The lowest BCUT2D eigenvalue weighted by atomic mass is 10.4. The molecule has 19 heavy (non-hydrogen) atoms. The van der Waals surface area contributed by atoms with E-state index in [9.17, 15) is 14.4 Å². The number of aromatic nitrogens is 2. The summed E-state index contributed by atoms with van der Waals surface area (Å²) in [5.41, 5.74) is 1.66. The molecule has 0 fully saturated rings. The standard InChI is InChI=1S/C11H16N4O4/c1-7-3-8(2)15(14-7)6-10(17)12-4-9(16)13-5-11(18)19/h3H,4-6H2,1-2H3,(H,12,17)(H,13,16)(H,18,19). The van der Waals surface area contributed by atoms with Gasteiger partial charge in [-0.25, -0.2) is 0 Å². The lowest BCUT2D eigenvalue weighted by molar-refractivity contribution is -0.137. The van der Waals surface area contributed by atoms with Crippen molar-refractivity contribution < 1.29 is 19.5 Å². The lowest BCUT2D eigenvalue weighted by Gasteiger charge is -2.06. The molecule has 8 nitrogen and oxygen atoms in total. The molecule has 0 atom stereocenters. The molecule has 1 heterocycles. The molecular formula is C11H16N4O4. The van der Waals surface area contributed by atoms with E-state index in [1.165, 1.54) is 4.68 Å². The highest BCUT2D eigenvalue weighted by atomic mass is 16.4. The molecular weight excluding hydrogens is 252 g/mol. The van der Waals surface area contributed by atoms with Crippen molar-refractivity contribution in [2.45, 2.75) is 20.4 Å². The van der Waals surface area contributed by atoms with Crippen LogP contribution in [0, 0.1) is 13.8 Å². The van der Waals surface area contributed by atoms with Crippen molar-refractivity contribution in [3.8, 4) is 0 Å². The largest absolute Gasteiger partial charge is 0.480 e. The number of amides is 2. The average Bonchev–Trinajstić information content (AvgIpc) is 2.62. The first-order chi connectivity index (χ1) is 8.88. The number of carbonyl (C=O) groups excluding carboxylic acids is 2. The molecule has 0 bridgehead atoms. The van der Waals surface area contributed by atoms with Gasteiger partial charge in [-0.1, -0.05) is 0 Å². The van der Waals surface area contributed by atoms with Crippen molar-refractivity contribution in [1.82, 2.24) is 20.4 Å². The van der Waals surface area contributed by atoms with Crippen LogP contribution in [0.15, 0.2) is 6.07 Å². The van der Waals surface area contributed by atoms with Crippen molar-refractivity contribution in [1.29, 1.82) is 0 Å². The fourth-order valence-electron chi connectivity index (χ4n) is 1.44. The van der Waals surface area contributed by atoms with Crippen molar-refractivity contribution in [3.05, 3.63) is 17.5 Å². The van der Waals surface area contributed by atoms with Crippen LogP contribution in [0.1, 0.15) is 11.4 Å². The van der Waals surface area contributed by atoms with Crippen molar-refractivity contribution in [2.24, 2.45) is 0 Å². The van der Waals surface area contributed by atoms with Crippen LogP contribution in [-0.4, -0.2) is 45.8 Å². The van der Waals surface area contributed by atoms with Gasteiger partial charge in [0.25, 0.3) is 0 Å². The zero-order valence-corrected chi connectivity index (χ0v) is 10.8. The number of aliphatic carboxylic acids is 1. The van der Waals surface area contributed by atoms with Gasteiger partial charge < -0.3 is 15.7 Å². The van der Waals surface area contributed by atoms with E-state index in [-0.39, 0.29) is 19.0 Å². The molecule has 0 aromatic carbocycles. The molecule has 104 valence electrons. The Labute approximate surface area is 109 Å². The number of hydrogen-bond donors (Lipinski definition) is 3. The molecule has 0 unspecified atom stereocenters. The third-order valence-corrected chi connectivity index (χ3v) is 2.28. The van der Waals surface area contributed by atoms with E-state index >= 15 is 0 Å². The predicted octanol–water partition coefficient (Wildman–Crippen LogP) is -1.18. The van der Waals surface area contributed by atoms with Crippen LogP contribution in [0.2, 0.25) is 0 Å². The highest BCUT2D eigenvalue weighted by molar-refractivity contribution is 5.86. The Morgan fingerprint density at radius 1 is 1.21 bits per heavy atom. The minimum atomic E-state index is -1.14. The Morgan fingerprint density at radius 2 is 1.84 bits per heavy atom. The summed E-state index contributed by atoms with van der Waals surface area (Å²) in [4.78, 5) is 32.9. The molecule has 0 saturated carbocycles. The molecule has 0 aliphatic heterocycles. The van der Waals surface area contributed by atoms with Crippen molar-refractivity contribution >= 4 is 17.8 Å². The lowest BCUT2D eigenvalue weighted by Crippen LogP contribution is -2.40. The second-order valence-corrected chi connectivity index (χ2v) is 4.03. The van der Waals surface area contributed by atoms with E-state index in [2.05, 4.69) is 15.7 Å². The smallest absolute Gasteiger partial charge is 0.322 e. The summed E-state index contributed by atoms with van der Waals surface area (Å²) >= 11 is 0. The van der Waals surface area contributed by atoms with E-state index in [0.29, 0.717) is 0 Å². The maximum absolute atomic E-state index is 11.5. The van der Waals surface area contributed by atoms with Gasteiger partial charge in [-0.15, -0.1) is 0 Å². The van der Waals surface area contributed by atoms with Gasteiger partial charge in [0.15, 0.2) is 0 Å². The van der Waals surface area contributed by atoms with Crippen LogP contribution in [0.25, 0.3) is 0 Å². The minimum Gasteiger partial charge on any atom is -0.480 e. The third kappa shape index (κ3) is 5.19. The van der Waals surface area contributed by atoms with Gasteiger partial charge in [0.1, 0.15) is 13.1 Å². The fourth-order valence-corrected chi connectivity index (χ4v) is 1.44. The topological polar surface area (TPSA) is 113 Å². The van der Waals surface area contributed by atoms with Gasteiger partial charge in [0, 0.05) is 5.69 Å². The normalized spacial score (nSPS) is 10.0. The summed E-state index contributed by atoms with van der Waals surface area (Å²) in [6.07, 6.45) is 0. The quantitative estimate of drug-likeness (QED) is 0.601. The minimum absolute atomic E-state index is 0.0197. The number of aryl methyl sites for hydroxylation is 2. The maximum atomic E-state index is 11.5. The molecule has 0 spiro atoms. The van der Waals surface area contributed by atoms with Crippen molar-refractivity contribution in [3.63, 3.8) is 0 Å². The van der Waals surface area contributed by atoms with E-state index in [4.69, 9.17) is 5.11 Å². The SMILES string of the molecule is Cc1cc(C)n(CC(=O)NCC(=O)NCC(=O)O)n1. The maximum Gasteiger partial charge on any atom is 0.322 e. The van der Waals surface area contributed by atoms with Crippen LogP contribution in [-0.2, 0) is 20.9 Å². The zero-order valence-electron chi connectivity index (χ0n) is 10.8. The Bertz CT molecular complexity index is 495. The Kier molecular flexibility index (Phi) is 5.04. The molecule has 0 aliphatic rings. The van der Waals surface area contributed by atoms with Gasteiger partial charge >= 0.3 is 5.97 Å². The molecule has 3 N–H and O–H groups in total. The second-order valence-electron chi connectivity index (χ2n) is 4.03. The molecule has 1 aromatic heterocycles. The van der Waals surface area contributed by atoms with Crippen LogP contribution in [0.3, 0.4) is 0 Å². The van der Waals surface area contributed by atoms with Gasteiger partial charge in [0.2, 0.25) is 11.8 Å². The number of nitrogens with zero attached hydrogens (tertiary/aromatic N) is 2. The highest BCUT2D eigenvalue weighted by Crippen LogP contribution is 2.00. The number of rotatable bonds is 6. The Hall–Kier alpha value is -2.38. The molecule has 2 amide bonds. The molecule has 0 aliphatic carbocycles. The van der Waals surface area contributed by atoms with Crippen molar-refractivity contribution in [2.75, 3.05) is 13.1 Å². The first kappa shape index (κ1) is 14.7. The molecule has 0 saturated heterocycles. The van der Waals surface area contributed by atoms with Gasteiger partial charge in [-0.3, -0.25) is 19.1 Å². The predicted molar refractivity (Wildman–Crippen MR) is 65.4 cm³/mol. The Balaban J connectivity index is 2.34. The molecule has 0 radical (unpaired) electrons. The van der Waals surface area contributed by atoms with Crippen LogP contribution in [0.5, 0.6) is 0 Å². The van der Waals surface area contributed by atoms with Gasteiger partial charge in [-0.05, 0) is 19.9 Å². The summed E-state index contributed by atoms with van der Waals surface area (Å²) in [5.74, 6) is -2.05. The number of hydrogen-bond acceptors (Lipinski definition) is 4. The Morgan fingerprint density at radius 3 is 2.37 bits per heavy atom. The van der Waals surface area contributed by atoms with Gasteiger partial charge in [0.05, 0.1) is 12.2 Å². The number of carboxylic acids is 1. The first-order valence-corrected chi connectivity index (χ1v) is 5.64. The fraction of sp³-hybridized carbons (Fsp3) is 0.455. The average molecular weight is 268 g/mol. The van der Waals surface area contributed by atoms with E-state index in [0.717, 1.165) is 11.4 Å². The van der Waals surface area contributed by atoms with E-state index in [1.807, 2.05) is 19.9 Å². The van der Waals surface area contributed by atoms with Crippen LogP contribution in [0.4, 0.5) is 0 Å². The third-order valence-electron chi connectivity index (χ3n) is 2.28. The zero-order chi connectivity index (χ0) is 14.4. The number of carbonyl (C=O) groups is 3. The number of carboxylic acid groups (broad SMARTS) is 1. The van der Waals surface area contributed by atoms with E-state index < -0.39 is 18.4 Å². The summed E-state index contributed by atoms with van der Waals surface area (Å²) in [6, 6.07) is 1.84. The first-order valence-electron chi connectivity index (χ1n) is 5.64. The summed E-state index contributed by atoms with van der Waals surface area (Å²) in [7, 11) is 0. The van der Waals surface area contributed by atoms with Crippen LogP contribution < -0.4 is 10.6 Å². The second kappa shape index (κ2) is 6.53. The van der Waals surface area contributed by atoms with E-state index in [1.54, 1.807) is 0 Å². The number of nitrogens with one attached hydrogen (secondary N) is 2. The highest BCUT2D eigenvalue weighted by Gasteiger charge is 2.09.